The second-order valence-electron chi connectivity index (χ2n) is 4.97. The van der Waals surface area contributed by atoms with Gasteiger partial charge in [-0.25, -0.2) is 4.98 Å². The third-order valence-electron chi connectivity index (χ3n) is 3.47. The average molecular weight is 302 g/mol. The van der Waals surface area contributed by atoms with Gasteiger partial charge in [-0.05, 0) is 31.3 Å². The van der Waals surface area contributed by atoms with Crippen molar-refractivity contribution in [2.45, 2.75) is 26.3 Å². The minimum Gasteiger partial charge on any atom is -0.493 e. The minimum atomic E-state index is -1.69. The first-order chi connectivity index (χ1) is 10.6. The lowest BCUT2D eigenvalue weighted by Crippen LogP contribution is -2.33. The van der Waals surface area contributed by atoms with Crippen LogP contribution in [0.15, 0.2) is 30.6 Å². The lowest BCUT2D eigenvalue weighted by molar-refractivity contribution is 0.112. The van der Waals surface area contributed by atoms with E-state index in [-0.39, 0.29) is 11.0 Å². The molecular formula is C15H19BN2O4. The molecule has 2 rings (SSSR count). The fourth-order valence-electron chi connectivity index (χ4n) is 2.24. The summed E-state index contributed by atoms with van der Waals surface area (Å²) < 4.78 is 7.66. The number of rotatable bonds is 8. The number of hydrogen-bond acceptors (Lipinski definition) is 5. The molecule has 0 unspecified atom stereocenters. The Labute approximate surface area is 129 Å². The molecule has 0 saturated heterocycles. The first-order valence-corrected chi connectivity index (χ1v) is 7.18. The molecule has 0 atom stereocenters. The van der Waals surface area contributed by atoms with Gasteiger partial charge in [-0.15, -0.1) is 0 Å². The fraction of sp³-hybridized carbons (Fsp3) is 0.333. The van der Waals surface area contributed by atoms with Gasteiger partial charge in [0.05, 0.1) is 12.2 Å². The smallest absolute Gasteiger partial charge is 0.489 e. The van der Waals surface area contributed by atoms with Crippen LogP contribution in [0, 0.1) is 6.92 Å². The number of imidazole rings is 1. The summed E-state index contributed by atoms with van der Waals surface area (Å²) in [6, 6.07) is 4.77. The highest BCUT2D eigenvalue weighted by atomic mass is 16.5. The summed E-state index contributed by atoms with van der Waals surface area (Å²) in [5.74, 6) is 1.35. The molecule has 7 heteroatoms. The van der Waals surface area contributed by atoms with Crippen molar-refractivity contribution in [2.24, 2.45) is 0 Å². The Morgan fingerprint density at radius 1 is 1.36 bits per heavy atom. The third kappa shape index (κ3) is 3.96. The van der Waals surface area contributed by atoms with E-state index in [1.807, 2.05) is 13.1 Å². The maximum atomic E-state index is 11.1. The number of aromatic nitrogens is 2. The molecule has 1 aromatic heterocycles. The second-order valence-corrected chi connectivity index (χ2v) is 4.97. The van der Waals surface area contributed by atoms with E-state index in [1.54, 1.807) is 18.3 Å². The molecule has 22 heavy (non-hydrogen) atoms. The Kier molecular flexibility index (Phi) is 5.74. The predicted molar refractivity (Wildman–Crippen MR) is 83.3 cm³/mol. The van der Waals surface area contributed by atoms with Crippen LogP contribution in [0.1, 0.15) is 29.0 Å². The summed E-state index contributed by atoms with van der Waals surface area (Å²) >= 11 is 0. The highest BCUT2D eigenvalue weighted by molar-refractivity contribution is 6.60. The van der Waals surface area contributed by atoms with Crippen molar-refractivity contribution in [1.82, 2.24) is 9.55 Å². The van der Waals surface area contributed by atoms with Crippen molar-refractivity contribution >= 4 is 18.9 Å². The van der Waals surface area contributed by atoms with Crippen LogP contribution in [0.4, 0.5) is 0 Å². The van der Waals surface area contributed by atoms with Gasteiger partial charge in [-0.1, -0.05) is 12.1 Å². The van der Waals surface area contributed by atoms with Gasteiger partial charge in [0.2, 0.25) is 0 Å². The molecule has 1 heterocycles. The molecule has 6 nitrogen and oxygen atoms in total. The normalized spacial score (nSPS) is 10.5. The number of benzene rings is 1. The zero-order valence-corrected chi connectivity index (χ0v) is 12.5. The Bertz CT molecular complexity index is 628. The first kappa shape index (κ1) is 16.3. The fourth-order valence-corrected chi connectivity index (χ4v) is 2.24. The van der Waals surface area contributed by atoms with Crippen LogP contribution in [-0.4, -0.2) is 39.6 Å². The molecule has 0 fully saturated rings. The van der Waals surface area contributed by atoms with Crippen LogP contribution < -0.4 is 10.2 Å². The van der Waals surface area contributed by atoms with Crippen LogP contribution in [0.3, 0.4) is 0 Å². The molecule has 0 saturated carbocycles. The maximum absolute atomic E-state index is 11.1. The van der Waals surface area contributed by atoms with E-state index in [0.717, 1.165) is 25.2 Å². The highest BCUT2D eigenvalue weighted by Crippen LogP contribution is 2.15. The van der Waals surface area contributed by atoms with E-state index in [9.17, 15) is 14.8 Å². The molecule has 2 aromatic rings. The molecule has 0 aliphatic heterocycles. The molecule has 0 radical (unpaired) electrons. The molecule has 2 N–H and O–H groups in total. The minimum absolute atomic E-state index is 0.154. The van der Waals surface area contributed by atoms with Crippen molar-refractivity contribution in [3.63, 3.8) is 0 Å². The predicted octanol–water partition coefficient (Wildman–Crippen LogP) is 0.543. The lowest BCUT2D eigenvalue weighted by Gasteiger charge is -2.11. The number of hydrogen-bond donors (Lipinski definition) is 2. The SMILES string of the molecule is Cc1nccn1CCCCOc1cccc(B(O)O)c1C=O. The molecule has 0 amide bonds. The van der Waals surface area contributed by atoms with Crippen molar-refractivity contribution < 1.29 is 19.6 Å². The molecule has 0 aliphatic carbocycles. The zero-order chi connectivity index (χ0) is 15.9. The van der Waals surface area contributed by atoms with Crippen molar-refractivity contribution in [3.8, 4) is 5.75 Å². The molecule has 0 aliphatic rings. The average Bonchev–Trinajstić information content (AvgIpc) is 2.91. The van der Waals surface area contributed by atoms with Crippen molar-refractivity contribution in [2.75, 3.05) is 6.61 Å². The largest absolute Gasteiger partial charge is 0.493 e. The highest BCUT2D eigenvalue weighted by Gasteiger charge is 2.18. The van der Waals surface area contributed by atoms with E-state index >= 15 is 0 Å². The number of aryl methyl sites for hydroxylation is 2. The molecule has 0 spiro atoms. The number of aldehydes is 1. The summed E-state index contributed by atoms with van der Waals surface area (Å²) in [6.45, 7) is 3.28. The van der Waals surface area contributed by atoms with Crippen LogP contribution in [0.2, 0.25) is 0 Å². The van der Waals surface area contributed by atoms with Gasteiger partial charge in [0.15, 0.2) is 6.29 Å². The summed E-state index contributed by atoms with van der Waals surface area (Å²) in [5.41, 5.74) is 0.337. The quantitative estimate of drug-likeness (QED) is 0.422. The summed E-state index contributed by atoms with van der Waals surface area (Å²) in [4.78, 5) is 15.3. The van der Waals surface area contributed by atoms with E-state index < -0.39 is 7.12 Å². The standard InChI is InChI=1S/C15H19BN2O4/c1-12-17-7-9-18(12)8-2-3-10-22-15-6-4-5-14(16(20)21)13(15)11-19/h4-7,9,11,20-21H,2-3,8,10H2,1H3. The van der Waals surface area contributed by atoms with E-state index in [0.29, 0.717) is 18.6 Å². The summed E-state index contributed by atoms with van der Waals surface area (Å²) in [6.07, 6.45) is 6.04. The topological polar surface area (TPSA) is 84.6 Å². The van der Waals surface area contributed by atoms with Gasteiger partial charge in [0, 0.05) is 18.9 Å². The van der Waals surface area contributed by atoms with Gasteiger partial charge in [-0.3, -0.25) is 4.79 Å². The first-order valence-electron chi connectivity index (χ1n) is 7.18. The molecule has 0 bridgehead atoms. The van der Waals surface area contributed by atoms with Gasteiger partial charge in [0.1, 0.15) is 11.6 Å². The van der Waals surface area contributed by atoms with Crippen LogP contribution in [0.25, 0.3) is 0 Å². The summed E-state index contributed by atoms with van der Waals surface area (Å²) in [7, 11) is -1.69. The number of unbranched alkanes of at least 4 members (excludes halogenated alkanes) is 1. The van der Waals surface area contributed by atoms with Crippen LogP contribution in [0.5, 0.6) is 5.75 Å². The van der Waals surface area contributed by atoms with Gasteiger partial charge in [0.25, 0.3) is 0 Å². The molecule has 1 aromatic carbocycles. The zero-order valence-electron chi connectivity index (χ0n) is 12.5. The molecular weight excluding hydrogens is 283 g/mol. The van der Waals surface area contributed by atoms with Crippen LogP contribution in [-0.2, 0) is 6.54 Å². The molecule has 116 valence electrons. The Hall–Kier alpha value is -2.12. The van der Waals surface area contributed by atoms with E-state index in [4.69, 9.17) is 4.74 Å². The number of carbonyl (C=O) groups is 1. The number of carbonyl (C=O) groups excluding carboxylic acids is 1. The third-order valence-corrected chi connectivity index (χ3v) is 3.47. The lowest BCUT2D eigenvalue weighted by atomic mass is 9.77. The summed E-state index contributed by atoms with van der Waals surface area (Å²) in [5, 5.41) is 18.5. The van der Waals surface area contributed by atoms with E-state index in [1.165, 1.54) is 6.07 Å². The van der Waals surface area contributed by atoms with Gasteiger partial charge in [-0.2, -0.15) is 0 Å². The van der Waals surface area contributed by atoms with Crippen molar-refractivity contribution in [3.05, 3.63) is 42.0 Å². The van der Waals surface area contributed by atoms with E-state index in [2.05, 4.69) is 9.55 Å². The number of nitrogens with zero attached hydrogens (tertiary/aromatic N) is 2. The monoisotopic (exact) mass is 302 g/mol. The van der Waals surface area contributed by atoms with Gasteiger partial charge < -0.3 is 19.4 Å². The Morgan fingerprint density at radius 2 is 2.18 bits per heavy atom. The maximum Gasteiger partial charge on any atom is 0.489 e. The Morgan fingerprint density at radius 3 is 2.82 bits per heavy atom. The Balaban J connectivity index is 1.85. The second kappa shape index (κ2) is 7.77. The van der Waals surface area contributed by atoms with Crippen LogP contribution >= 0.6 is 0 Å². The van der Waals surface area contributed by atoms with Crippen molar-refractivity contribution in [1.29, 1.82) is 0 Å². The number of ether oxygens (including phenoxy) is 1. The van der Waals surface area contributed by atoms with Gasteiger partial charge >= 0.3 is 7.12 Å².